The lowest BCUT2D eigenvalue weighted by atomic mass is 9.92. The molecule has 1 unspecified atom stereocenters. The third kappa shape index (κ3) is 3.72. The molecule has 2 saturated heterocycles. The molecule has 2 aliphatic rings. The first-order chi connectivity index (χ1) is 7.88. The molecule has 0 bridgehead atoms. The average Bonchev–Trinajstić information content (AvgIpc) is 2.31. The Morgan fingerprint density at radius 3 is 2.69 bits per heavy atom. The minimum atomic E-state index is 0.867. The van der Waals surface area contributed by atoms with Crippen molar-refractivity contribution >= 4 is 0 Å². The predicted molar refractivity (Wildman–Crippen MR) is 68.4 cm³/mol. The van der Waals surface area contributed by atoms with Gasteiger partial charge in [0.05, 0.1) is 0 Å². The molecule has 0 saturated carbocycles. The fourth-order valence-corrected chi connectivity index (χ4v) is 3.22. The second-order valence-corrected chi connectivity index (χ2v) is 5.54. The highest BCUT2D eigenvalue weighted by Crippen LogP contribution is 2.22. The van der Waals surface area contributed by atoms with Crippen LogP contribution in [0.1, 0.15) is 32.1 Å². The highest BCUT2D eigenvalue weighted by Gasteiger charge is 2.22. The zero-order valence-electron chi connectivity index (χ0n) is 10.5. The van der Waals surface area contributed by atoms with Gasteiger partial charge >= 0.3 is 0 Å². The lowest BCUT2D eigenvalue weighted by Gasteiger charge is -2.36. The van der Waals surface area contributed by atoms with Crippen LogP contribution in [0.15, 0.2) is 0 Å². The van der Waals surface area contributed by atoms with E-state index in [-0.39, 0.29) is 0 Å². The van der Waals surface area contributed by atoms with Crippen molar-refractivity contribution in [2.24, 2.45) is 17.6 Å². The number of hydrogen-bond acceptors (Lipinski definition) is 3. The lowest BCUT2D eigenvalue weighted by molar-refractivity contribution is 0.137. The van der Waals surface area contributed by atoms with Crippen molar-refractivity contribution in [1.82, 2.24) is 10.2 Å². The summed E-state index contributed by atoms with van der Waals surface area (Å²) in [5, 5.41) is 3.45. The standard InChI is InChI=1S/C13H27N3/c14-6-3-12-2-1-9-16(10-12)11-13-4-7-15-8-5-13/h12-13,15H,1-11,14H2. The van der Waals surface area contributed by atoms with E-state index in [2.05, 4.69) is 10.2 Å². The Balaban J connectivity index is 1.71. The van der Waals surface area contributed by atoms with E-state index in [0.29, 0.717) is 0 Å². The van der Waals surface area contributed by atoms with Crippen LogP contribution in [0.2, 0.25) is 0 Å². The first kappa shape index (κ1) is 12.3. The van der Waals surface area contributed by atoms with E-state index in [0.717, 1.165) is 18.4 Å². The molecular weight excluding hydrogens is 198 g/mol. The molecule has 0 aromatic rings. The molecule has 2 fully saturated rings. The molecule has 16 heavy (non-hydrogen) atoms. The lowest BCUT2D eigenvalue weighted by Crippen LogP contribution is -2.41. The number of nitrogens with two attached hydrogens (primary N) is 1. The van der Waals surface area contributed by atoms with Gasteiger partial charge in [0.1, 0.15) is 0 Å². The molecule has 3 N–H and O–H groups in total. The number of nitrogens with zero attached hydrogens (tertiary/aromatic N) is 1. The van der Waals surface area contributed by atoms with Gasteiger partial charge in [-0.05, 0) is 70.1 Å². The summed E-state index contributed by atoms with van der Waals surface area (Å²) in [6.45, 7) is 7.29. The van der Waals surface area contributed by atoms with E-state index in [1.165, 1.54) is 64.8 Å². The van der Waals surface area contributed by atoms with Crippen molar-refractivity contribution in [2.75, 3.05) is 39.3 Å². The van der Waals surface area contributed by atoms with E-state index in [1.54, 1.807) is 0 Å². The molecule has 2 rings (SSSR count). The molecule has 0 spiro atoms. The summed E-state index contributed by atoms with van der Waals surface area (Å²) < 4.78 is 0. The highest BCUT2D eigenvalue weighted by atomic mass is 15.1. The van der Waals surface area contributed by atoms with Crippen molar-refractivity contribution in [1.29, 1.82) is 0 Å². The molecule has 2 heterocycles. The fourth-order valence-electron chi connectivity index (χ4n) is 3.22. The first-order valence-electron chi connectivity index (χ1n) is 7.01. The summed E-state index contributed by atoms with van der Waals surface area (Å²) in [7, 11) is 0. The van der Waals surface area contributed by atoms with Crippen molar-refractivity contribution in [3.63, 3.8) is 0 Å². The van der Waals surface area contributed by atoms with E-state index >= 15 is 0 Å². The molecule has 3 nitrogen and oxygen atoms in total. The summed E-state index contributed by atoms with van der Waals surface area (Å²) in [6, 6.07) is 0. The average molecular weight is 225 g/mol. The van der Waals surface area contributed by atoms with Crippen molar-refractivity contribution in [2.45, 2.75) is 32.1 Å². The molecule has 0 aromatic carbocycles. The zero-order chi connectivity index (χ0) is 11.2. The van der Waals surface area contributed by atoms with Gasteiger partial charge in [-0.25, -0.2) is 0 Å². The van der Waals surface area contributed by atoms with Crippen LogP contribution in [0, 0.1) is 11.8 Å². The smallest absolute Gasteiger partial charge is 0.00107 e. The number of piperidine rings is 2. The second-order valence-electron chi connectivity index (χ2n) is 5.54. The third-order valence-corrected chi connectivity index (χ3v) is 4.15. The maximum atomic E-state index is 5.66. The summed E-state index contributed by atoms with van der Waals surface area (Å²) in [5.41, 5.74) is 5.66. The Morgan fingerprint density at radius 2 is 1.94 bits per heavy atom. The van der Waals surface area contributed by atoms with E-state index < -0.39 is 0 Å². The van der Waals surface area contributed by atoms with Crippen LogP contribution in [0.25, 0.3) is 0 Å². The number of nitrogens with one attached hydrogen (secondary N) is 1. The van der Waals surface area contributed by atoms with Crippen LogP contribution in [0.5, 0.6) is 0 Å². The van der Waals surface area contributed by atoms with E-state index in [1.807, 2.05) is 0 Å². The van der Waals surface area contributed by atoms with Gasteiger partial charge < -0.3 is 16.0 Å². The third-order valence-electron chi connectivity index (χ3n) is 4.15. The molecule has 1 atom stereocenters. The van der Waals surface area contributed by atoms with Crippen LogP contribution in [-0.2, 0) is 0 Å². The van der Waals surface area contributed by atoms with E-state index in [9.17, 15) is 0 Å². The quantitative estimate of drug-likeness (QED) is 0.751. The Labute approximate surface area is 99.8 Å². The molecule has 0 amide bonds. The topological polar surface area (TPSA) is 41.3 Å². The maximum Gasteiger partial charge on any atom is 0.00107 e. The van der Waals surface area contributed by atoms with Crippen LogP contribution in [0.3, 0.4) is 0 Å². The van der Waals surface area contributed by atoms with Crippen molar-refractivity contribution < 1.29 is 0 Å². The van der Waals surface area contributed by atoms with Crippen LogP contribution < -0.4 is 11.1 Å². The Morgan fingerprint density at radius 1 is 1.12 bits per heavy atom. The minimum Gasteiger partial charge on any atom is -0.330 e. The van der Waals surface area contributed by atoms with Gasteiger partial charge in [0.2, 0.25) is 0 Å². The van der Waals surface area contributed by atoms with Gasteiger partial charge in [-0.1, -0.05) is 0 Å². The zero-order valence-corrected chi connectivity index (χ0v) is 10.5. The first-order valence-corrected chi connectivity index (χ1v) is 7.01. The minimum absolute atomic E-state index is 0.867. The summed E-state index contributed by atoms with van der Waals surface area (Å²) in [6.07, 6.45) is 6.76. The van der Waals surface area contributed by atoms with Crippen LogP contribution >= 0.6 is 0 Å². The molecule has 0 aliphatic carbocycles. The van der Waals surface area contributed by atoms with E-state index in [4.69, 9.17) is 5.73 Å². The molecule has 0 aromatic heterocycles. The second kappa shape index (κ2) is 6.58. The van der Waals surface area contributed by atoms with Gasteiger partial charge in [0, 0.05) is 13.1 Å². The SMILES string of the molecule is NCCC1CCCN(CC2CCNCC2)C1. The molecular formula is C13H27N3. The summed E-state index contributed by atoms with van der Waals surface area (Å²) in [4.78, 5) is 2.69. The molecule has 2 aliphatic heterocycles. The van der Waals surface area contributed by atoms with Crippen LogP contribution in [-0.4, -0.2) is 44.2 Å². The monoisotopic (exact) mass is 225 g/mol. The summed E-state index contributed by atoms with van der Waals surface area (Å²) >= 11 is 0. The largest absolute Gasteiger partial charge is 0.330 e. The Hall–Kier alpha value is -0.120. The predicted octanol–water partition coefficient (Wildman–Crippen LogP) is 1.05. The van der Waals surface area contributed by atoms with Gasteiger partial charge in [0.15, 0.2) is 0 Å². The molecule has 0 radical (unpaired) electrons. The van der Waals surface area contributed by atoms with Gasteiger partial charge in [0.25, 0.3) is 0 Å². The van der Waals surface area contributed by atoms with Gasteiger partial charge in [-0.15, -0.1) is 0 Å². The molecule has 94 valence electrons. The Kier molecular flexibility index (Phi) is 5.07. The number of hydrogen-bond donors (Lipinski definition) is 2. The van der Waals surface area contributed by atoms with Gasteiger partial charge in [-0.2, -0.15) is 0 Å². The van der Waals surface area contributed by atoms with Crippen molar-refractivity contribution in [3.8, 4) is 0 Å². The van der Waals surface area contributed by atoms with Crippen LogP contribution in [0.4, 0.5) is 0 Å². The number of likely N-dealkylation sites (tertiary alicyclic amines) is 1. The summed E-state index contributed by atoms with van der Waals surface area (Å²) in [5.74, 6) is 1.82. The Bertz CT molecular complexity index is 188. The maximum absolute atomic E-state index is 5.66. The fraction of sp³-hybridized carbons (Fsp3) is 1.00. The molecule has 3 heteroatoms. The normalized spacial score (nSPS) is 29.4. The van der Waals surface area contributed by atoms with Gasteiger partial charge in [-0.3, -0.25) is 0 Å². The number of rotatable bonds is 4. The van der Waals surface area contributed by atoms with Crippen molar-refractivity contribution in [3.05, 3.63) is 0 Å². The highest BCUT2D eigenvalue weighted by molar-refractivity contribution is 4.77.